The number of amides is 2. The minimum Gasteiger partial charge on any atom is -0.394 e. The van der Waals surface area contributed by atoms with Gasteiger partial charge in [0.15, 0.2) is 0 Å². The van der Waals surface area contributed by atoms with E-state index >= 15 is 0 Å². The van der Waals surface area contributed by atoms with E-state index < -0.39 is 29.8 Å². The van der Waals surface area contributed by atoms with Crippen LogP contribution in [0.25, 0.3) is 0 Å². The molecule has 0 aliphatic rings. The number of rotatable bonds is 8. The number of ether oxygens (including phenoxy) is 1. The number of halogens is 4. The average Bonchev–Trinajstić information content (AvgIpc) is 2.56. The summed E-state index contributed by atoms with van der Waals surface area (Å²) in [6.45, 7) is -0.888. The second kappa shape index (κ2) is 11.3. The van der Waals surface area contributed by atoms with Gasteiger partial charge in [0.25, 0.3) is 11.1 Å². The maximum atomic E-state index is 12.5. The van der Waals surface area contributed by atoms with Crippen molar-refractivity contribution in [3.8, 4) is 0 Å². The van der Waals surface area contributed by atoms with Crippen molar-refractivity contribution in [3.63, 3.8) is 0 Å². The van der Waals surface area contributed by atoms with Gasteiger partial charge in [-0.15, -0.1) is 0 Å². The average molecular weight is 722 g/mol. The minimum atomic E-state index is -1.12. The first-order valence-corrected chi connectivity index (χ1v) is 10.5. The van der Waals surface area contributed by atoms with Crippen LogP contribution in [0.4, 0.5) is 5.69 Å². The smallest absolute Gasteiger partial charge is 0.254 e. The molecule has 1 aromatic carbocycles. The molecule has 0 fully saturated rings. The van der Waals surface area contributed by atoms with E-state index in [9.17, 15) is 19.5 Å². The highest BCUT2D eigenvalue weighted by atomic mass is 127. The lowest BCUT2D eigenvalue weighted by Gasteiger charge is -2.18. The van der Waals surface area contributed by atoms with Crippen molar-refractivity contribution in [2.24, 2.45) is 0 Å². The summed E-state index contributed by atoms with van der Waals surface area (Å²) in [6.07, 6.45) is -1.12. The van der Waals surface area contributed by atoms with E-state index in [0.717, 1.165) is 0 Å². The normalized spacial score (nSPS) is 11.8. The molecule has 12 heteroatoms. The van der Waals surface area contributed by atoms with Crippen LogP contribution in [-0.2, 0) is 9.53 Å². The van der Waals surface area contributed by atoms with Crippen LogP contribution in [0.5, 0.6) is 0 Å². The summed E-state index contributed by atoms with van der Waals surface area (Å²) in [5.74, 6) is -1.04. The third-order valence-corrected chi connectivity index (χ3v) is 6.41. The lowest BCUT2D eigenvalue weighted by Crippen LogP contribution is -2.35. The van der Waals surface area contributed by atoms with Crippen molar-refractivity contribution < 1.29 is 29.3 Å². The fraction of sp³-hybridized carbons (Fsp3) is 0.357. The summed E-state index contributed by atoms with van der Waals surface area (Å²) in [7, 11) is 1.36. The highest BCUT2D eigenvalue weighted by Crippen LogP contribution is 2.36. The second-order valence-corrected chi connectivity index (χ2v) is 8.45. The van der Waals surface area contributed by atoms with Crippen LogP contribution in [0.3, 0.4) is 0 Å². The molecule has 26 heavy (non-hydrogen) atoms. The highest BCUT2D eigenvalue weighted by molar-refractivity contribution is 14.1. The molecule has 0 spiro atoms. The molecule has 1 unspecified atom stereocenters. The van der Waals surface area contributed by atoms with Gasteiger partial charge in [-0.25, -0.2) is 0 Å². The lowest BCUT2D eigenvalue weighted by molar-refractivity contribution is -0.119. The number of methoxy groups -OCH3 is 1. The van der Waals surface area contributed by atoms with E-state index in [2.05, 4.69) is 10.6 Å². The Morgan fingerprint density at radius 3 is 2.23 bits per heavy atom. The van der Waals surface area contributed by atoms with Crippen molar-refractivity contribution in [3.05, 3.63) is 21.8 Å². The van der Waals surface area contributed by atoms with Crippen LogP contribution >= 0.6 is 79.4 Å². The molecule has 0 heterocycles. The quantitative estimate of drug-likeness (QED) is 0.239. The first-order chi connectivity index (χ1) is 12.1. The third kappa shape index (κ3) is 6.10. The first kappa shape index (κ1) is 24.2. The number of carbonyl (C=O) groups excluding carboxylic acids is 3. The molecule has 0 radical (unpaired) electrons. The number of carbonyl (C=O) groups is 3. The van der Waals surface area contributed by atoms with E-state index in [1.54, 1.807) is 0 Å². The molecule has 8 nitrogen and oxygen atoms in total. The second-order valence-electron chi connectivity index (χ2n) is 4.87. The zero-order valence-corrected chi connectivity index (χ0v) is 20.5. The Labute approximate surface area is 195 Å². The number of aliphatic hydroxyl groups excluding tert-OH is 2. The van der Waals surface area contributed by atoms with Crippen molar-refractivity contribution >= 4 is 102 Å². The Morgan fingerprint density at radius 1 is 1.15 bits per heavy atom. The van der Waals surface area contributed by atoms with E-state index in [1.807, 2.05) is 67.8 Å². The SMILES string of the molecule is COCC(=O)Nc1c(I)c(C(=O)Cl)c(I)c(C(=O)NCC(O)CO)c1I. The lowest BCUT2D eigenvalue weighted by atomic mass is 10.1. The zero-order chi connectivity index (χ0) is 20.0. The molecule has 0 aliphatic heterocycles. The zero-order valence-electron chi connectivity index (χ0n) is 13.2. The molecule has 1 aromatic rings. The summed E-state index contributed by atoms with van der Waals surface area (Å²) in [5.41, 5.74) is 0.493. The maximum absolute atomic E-state index is 12.5. The third-order valence-electron chi connectivity index (χ3n) is 2.99. The van der Waals surface area contributed by atoms with Gasteiger partial charge in [0.05, 0.1) is 36.7 Å². The van der Waals surface area contributed by atoms with E-state index in [-0.39, 0.29) is 30.0 Å². The fourth-order valence-electron chi connectivity index (χ4n) is 1.82. The van der Waals surface area contributed by atoms with Crippen LogP contribution < -0.4 is 10.6 Å². The Hall–Kier alpha value is 0.190. The molecular weight excluding hydrogens is 708 g/mol. The molecule has 0 bridgehead atoms. The Bertz CT molecular complexity index is 731. The van der Waals surface area contributed by atoms with Gasteiger partial charge in [0.1, 0.15) is 6.61 Å². The molecule has 2 amide bonds. The van der Waals surface area contributed by atoms with Crippen LogP contribution in [0, 0.1) is 10.7 Å². The van der Waals surface area contributed by atoms with Crippen LogP contribution in [0.2, 0.25) is 0 Å². The van der Waals surface area contributed by atoms with Gasteiger partial charge in [0.2, 0.25) is 5.91 Å². The Balaban J connectivity index is 3.44. The number of nitrogens with one attached hydrogen (secondary N) is 2. The summed E-state index contributed by atoms with van der Waals surface area (Å²) in [5, 5.41) is 22.5. The van der Waals surface area contributed by atoms with E-state index in [1.165, 1.54) is 7.11 Å². The van der Waals surface area contributed by atoms with E-state index in [4.69, 9.17) is 21.4 Å². The molecule has 0 aromatic heterocycles. The molecule has 0 saturated heterocycles. The van der Waals surface area contributed by atoms with Crippen molar-refractivity contribution in [1.82, 2.24) is 5.32 Å². The maximum Gasteiger partial charge on any atom is 0.254 e. The number of hydrogen-bond donors (Lipinski definition) is 4. The fourth-order valence-corrected chi connectivity index (χ4v) is 6.74. The predicted molar refractivity (Wildman–Crippen MR) is 121 cm³/mol. The minimum absolute atomic E-state index is 0.0915. The largest absolute Gasteiger partial charge is 0.394 e. The molecule has 1 rings (SSSR count). The van der Waals surface area contributed by atoms with Crippen LogP contribution in [0.1, 0.15) is 20.7 Å². The van der Waals surface area contributed by atoms with Gasteiger partial charge in [-0.05, 0) is 79.4 Å². The van der Waals surface area contributed by atoms with Gasteiger partial charge < -0.3 is 25.6 Å². The van der Waals surface area contributed by atoms with Crippen molar-refractivity contribution in [1.29, 1.82) is 0 Å². The van der Waals surface area contributed by atoms with Crippen molar-refractivity contribution in [2.45, 2.75) is 6.10 Å². The summed E-state index contributed by atoms with van der Waals surface area (Å²) in [6, 6.07) is 0. The number of benzene rings is 1. The summed E-state index contributed by atoms with van der Waals surface area (Å²) < 4.78 is 5.88. The first-order valence-electron chi connectivity index (χ1n) is 6.91. The number of anilines is 1. The van der Waals surface area contributed by atoms with Gasteiger partial charge >= 0.3 is 0 Å². The van der Waals surface area contributed by atoms with Crippen LogP contribution in [-0.4, -0.2) is 60.2 Å². The molecule has 1 atom stereocenters. The van der Waals surface area contributed by atoms with Gasteiger partial charge in [-0.1, -0.05) is 0 Å². The highest BCUT2D eigenvalue weighted by Gasteiger charge is 2.28. The molecule has 0 saturated carbocycles. The van der Waals surface area contributed by atoms with Gasteiger partial charge in [-0.3, -0.25) is 14.4 Å². The van der Waals surface area contributed by atoms with E-state index in [0.29, 0.717) is 10.7 Å². The number of aliphatic hydroxyl groups is 2. The standard InChI is InChI=1S/C14H14ClI3N2O6/c1-26-4-6(23)20-12-10(17)7(13(15)24)9(16)8(11(12)18)14(25)19-2-5(22)3-21/h5,21-22H,2-4H2,1H3,(H,19,25)(H,20,23). The molecule has 144 valence electrons. The summed E-state index contributed by atoms with van der Waals surface area (Å²) >= 11 is 11.3. The summed E-state index contributed by atoms with van der Waals surface area (Å²) in [4.78, 5) is 36.3. The molecular formula is C14H14ClI3N2O6. The monoisotopic (exact) mass is 722 g/mol. The Kier molecular flexibility index (Phi) is 10.5. The predicted octanol–water partition coefficient (Wildman–Crippen LogP) is 1.55. The van der Waals surface area contributed by atoms with Crippen molar-refractivity contribution in [2.75, 3.05) is 32.2 Å². The molecule has 4 N–H and O–H groups in total. The Morgan fingerprint density at radius 2 is 1.73 bits per heavy atom. The topological polar surface area (TPSA) is 125 Å². The van der Waals surface area contributed by atoms with Gasteiger partial charge in [-0.2, -0.15) is 0 Å². The number of hydrogen-bond acceptors (Lipinski definition) is 6. The van der Waals surface area contributed by atoms with Crippen LogP contribution in [0.15, 0.2) is 0 Å². The molecule has 0 aliphatic carbocycles. The van der Waals surface area contributed by atoms with Gasteiger partial charge in [0, 0.05) is 17.2 Å².